The van der Waals surface area contributed by atoms with Crippen LogP contribution in [-0.4, -0.2) is 13.7 Å². The number of rotatable bonds is 2. The fraction of sp³-hybridized carbons (Fsp3) is 0.455. The molecule has 2 nitrogen and oxygen atoms in total. The molecular formula is C11H15BrClNO. The van der Waals surface area contributed by atoms with E-state index in [0.29, 0.717) is 6.04 Å². The van der Waals surface area contributed by atoms with Crippen LogP contribution in [0, 0.1) is 0 Å². The third kappa shape index (κ3) is 2.86. The Kier molecular flexibility index (Phi) is 4.90. The molecule has 0 radical (unpaired) electrons. The molecule has 0 aliphatic carbocycles. The lowest BCUT2D eigenvalue weighted by atomic mass is 10.0. The lowest BCUT2D eigenvalue weighted by Gasteiger charge is -2.15. The van der Waals surface area contributed by atoms with Crippen LogP contribution in [-0.2, 0) is 0 Å². The Hall–Kier alpha value is -0.250. The molecule has 1 saturated heterocycles. The summed E-state index contributed by atoms with van der Waals surface area (Å²) in [4.78, 5) is 0. The largest absolute Gasteiger partial charge is 0.496 e. The number of benzene rings is 1. The van der Waals surface area contributed by atoms with E-state index in [0.717, 1.165) is 16.8 Å². The van der Waals surface area contributed by atoms with Crippen LogP contribution in [0.5, 0.6) is 5.75 Å². The fourth-order valence-corrected chi connectivity index (χ4v) is 2.26. The van der Waals surface area contributed by atoms with Gasteiger partial charge in [0.1, 0.15) is 5.75 Å². The van der Waals surface area contributed by atoms with Crippen LogP contribution >= 0.6 is 28.3 Å². The van der Waals surface area contributed by atoms with Gasteiger partial charge in [-0.3, -0.25) is 0 Å². The SMILES string of the molecule is COc1cc(Br)ccc1[C@@H]1CCCN1.Cl. The second kappa shape index (κ2) is 5.73. The summed E-state index contributed by atoms with van der Waals surface area (Å²) in [5.41, 5.74) is 1.27. The number of halogens is 2. The van der Waals surface area contributed by atoms with E-state index in [1.54, 1.807) is 7.11 Å². The van der Waals surface area contributed by atoms with Crippen molar-refractivity contribution in [1.29, 1.82) is 0 Å². The Bertz CT molecular complexity index is 326. The van der Waals surface area contributed by atoms with Crippen molar-refractivity contribution in [3.8, 4) is 5.75 Å². The van der Waals surface area contributed by atoms with E-state index >= 15 is 0 Å². The number of ether oxygens (including phenoxy) is 1. The smallest absolute Gasteiger partial charge is 0.124 e. The number of methoxy groups -OCH3 is 1. The van der Waals surface area contributed by atoms with Crippen molar-refractivity contribution in [3.63, 3.8) is 0 Å². The highest BCUT2D eigenvalue weighted by atomic mass is 79.9. The predicted octanol–water partition coefficient (Wildman–Crippen LogP) is 3.30. The molecule has 1 N–H and O–H groups in total. The summed E-state index contributed by atoms with van der Waals surface area (Å²) in [6, 6.07) is 6.69. The van der Waals surface area contributed by atoms with Crippen molar-refractivity contribution in [2.45, 2.75) is 18.9 Å². The minimum Gasteiger partial charge on any atom is -0.496 e. The zero-order valence-electron chi connectivity index (χ0n) is 8.63. The zero-order chi connectivity index (χ0) is 9.97. The summed E-state index contributed by atoms with van der Waals surface area (Å²) in [5, 5.41) is 3.47. The van der Waals surface area contributed by atoms with E-state index in [1.165, 1.54) is 18.4 Å². The van der Waals surface area contributed by atoms with Crippen LogP contribution in [0.15, 0.2) is 22.7 Å². The van der Waals surface area contributed by atoms with Crippen molar-refractivity contribution < 1.29 is 4.74 Å². The van der Waals surface area contributed by atoms with E-state index in [1.807, 2.05) is 6.07 Å². The molecule has 0 unspecified atom stereocenters. The van der Waals surface area contributed by atoms with Gasteiger partial charge in [0.25, 0.3) is 0 Å². The molecule has 0 saturated carbocycles. The molecule has 0 aromatic heterocycles. The quantitative estimate of drug-likeness (QED) is 0.903. The van der Waals surface area contributed by atoms with Crippen molar-refractivity contribution in [1.82, 2.24) is 5.32 Å². The van der Waals surface area contributed by atoms with E-state index in [-0.39, 0.29) is 12.4 Å². The van der Waals surface area contributed by atoms with Gasteiger partial charge >= 0.3 is 0 Å². The fourth-order valence-electron chi connectivity index (χ4n) is 1.92. The summed E-state index contributed by atoms with van der Waals surface area (Å²) >= 11 is 3.45. The molecule has 1 atom stereocenters. The van der Waals surface area contributed by atoms with E-state index in [2.05, 4.69) is 33.4 Å². The minimum atomic E-state index is 0. The van der Waals surface area contributed by atoms with Crippen molar-refractivity contribution in [2.75, 3.05) is 13.7 Å². The highest BCUT2D eigenvalue weighted by molar-refractivity contribution is 9.10. The van der Waals surface area contributed by atoms with Crippen LogP contribution in [0.3, 0.4) is 0 Å². The first-order valence-corrected chi connectivity index (χ1v) is 5.67. The maximum Gasteiger partial charge on any atom is 0.124 e. The summed E-state index contributed by atoms with van der Waals surface area (Å²) in [6.07, 6.45) is 2.46. The predicted molar refractivity (Wildman–Crippen MR) is 67.9 cm³/mol. The third-order valence-corrected chi connectivity index (χ3v) is 3.12. The van der Waals surface area contributed by atoms with Gasteiger partial charge in [0.05, 0.1) is 7.11 Å². The van der Waals surface area contributed by atoms with Gasteiger partial charge in [-0.1, -0.05) is 22.0 Å². The molecule has 1 fully saturated rings. The van der Waals surface area contributed by atoms with Gasteiger partial charge in [0, 0.05) is 16.1 Å². The van der Waals surface area contributed by atoms with E-state index in [4.69, 9.17) is 4.74 Å². The monoisotopic (exact) mass is 291 g/mol. The van der Waals surface area contributed by atoms with Crippen molar-refractivity contribution >= 4 is 28.3 Å². The Morgan fingerprint density at radius 1 is 1.47 bits per heavy atom. The normalized spacial score (nSPS) is 19.7. The molecule has 84 valence electrons. The topological polar surface area (TPSA) is 21.3 Å². The first kappa shape index (κ1) is 12.8. The van der Waals surface area contributed by atoms with Gasteiger partial charge in [-0.05, 0) is 31.5 Å². The molecule has 0 amide bonds. The first-order valence-electron chi connectivity index (χ1n) is 4.88. The van der Waals surface area contributed by atoms with Crippen LogP contribution in [0.2, 0.25) is 0 Å². The molecule has 2 rings (SSSR count). The first-order chi connectivity index (χ1) is 6.81. The van der Waals surface area contributed by atoms with Gasteiger partial charge in [-0.25, -0.2) is 0 Å². The molecule has 1 heterocycles. The van der Waals surface area contributed by atoms with Crippen LogP contribution in [0.1, 0.15) is 24.4 Å². The van der Waals surface area contributed by atoms with E-state index in [9.17, 15) is 0 Å². The number of hydrogen-bond donors (Lipinski definition) is 1. The van der Waals surface area contributed by atoms with Crippen LogP contribution in [0.4, 0.5) is 0 Å². The van der Waals surface area contributed by atoms with Gasteiger partial charge in [-0.2, -0.15) is 0 Å². The molecule has 15 heavy (non-hydrogen) atoms. The third-order valence-electron chi connectivity index (χ3n) is 2.63. The van der Waals surface area contributed by atoms with Crippen molar-refractivity contribution in [2.24, 2.45) is 0 Å². The Labute approximate surface area is 105 Å². The average molecular weight is 293 g/mol. The molecule has 0 bridgehead atoms. The summed E-state index contributed by atoms with van der Waals surface area (Å²) in [7, 11) is 1.72. The lowest BCUT2D eigenvalue weighted by molar-refractivity contribution is 0.403. The number of nitrogens with one attached hydrogen (secondary N) is 1. The van der Waals surface area contributed by atoms with Gasteiger partial charge in [0.2, 0.25) is 0 Å². The maximum atomic E-state index is 5.37. The molecule has 0 spiro atoms. The second-order valence-corrected chi connectivity index (χ2v) is 4.45. The van der Waals surface area contributed by atoms with E-state index < -0.39 is 0 Å². The summed E-state index contributed by atoms with van der Waals surface area (Å²) < 4.78 is 6.43. The van der Waals surface area contributed by atoms with Crippen LogP contribution < -0.4 is 10.1 Å². The summed E-state index contributed by atoms with van der Waals surface area (Å²) in [5.74, 6) is 0.971. The average Bonchev–Trinajstić information content (AvgIpc) is 2.70. The number of hydrogen-bond acceptors (Lipinski definition) is 2. The Morgan fingerprint density at radius 3 is 2.87 bits per heavy atom. The second-order valence-electron chi connectivity index (χ2n) is 3.54. The van der Waals surface area contributed by atoms with Gasteiger partial charge in [-0.15, -0.1) is 12.4 Å². The summed E-state index contributed by atoms with van der Waals surface area (Å²) in [6.45, 7) is 1.11. The molecule has 1 aliphatic heterocycles. The van der Waals surface area contributed by atoms with Gasteiger partial charge < -0.3 is 10.1 Å². The molecular weight excluding hydrogens is 277 g/mol. The lowest BCUT2D eigenvalue weighted by Crippen LogP contribution is -2.13. The molecule has 1 aromatic carbocycles. The Balaban J connectivity index is 0.00000112. The molecule has 4 heteroatoms. The molecule has 1 aliphatic rings. The van der Waals surface area contributed by atoms with Crippen molar-refractivity contribution in [3.05, 3.63) is 28.2 Å². The highest BCUT2D eigenvalue weighted by Crippen LogP contribution is 2.32. The Morgan fingerprint density at radius 2 is 2.27 bits per heavy atom. The maximum absolute atomic E-state index is 5.37. The van der Waals surface area contributed by atoms with Gasteiger partial charge in [0.15, 0.2) is 0 Å². The standard InChI is InChI=1S/C11H14BrNO.ClH/c1-14-11-7-8(12)4-5-9(11)10-3-2-6-13-10;/h4-5,7,10,13H,2-3,6H2,1H3;1H/t10-;/m0./s1. The minimum absolute atomic E-state index is 0. The van der Waals surface area contributed by atoms with Crippen LogP contribution in [0.25, 0.3) is 0 Å². The molecule has 1 aromatic rings. The zero-order valence-corrected chi connectivity index (χ0v) is 11.0. The highest BCUT2D eigenvalue weighted by Gasteiger charge is 2.19.